The second-order valence-electron chi connectivity index (χ2n) is 4.76. The molecule has 2 aromatic rings. The molecule has 0 aliphatic heterocycles. The number of nitrogens with one attached hydrogen (secondary N) is 2. The van der Waals surface area contributed by atoms with Gasteiger partial charge in [-0.05, 0) is 20.8 Å². The van der Waals surface area contributed by atoms with Gasteiger partial charge < -0.3 is 15.2 Å². The molecule has 0 saturated carbocycles. The summed E-state index contributed by atoms with van der Waals surface area (Å²) in [5.41, 5.74) is 1.09. The highest BCUT2D eigenvalue weighted by atomic mass is 127. The summed E-state index contributed by atoms with van der Waals surface area (Å²) in [5.74, 6) is 1.83. The van der Waals surface area contributed by atoms with Crippen molar-refractivity contribution in [2.24, 2.45) is 4.99 Å². The summed E-state index contributed by atoms with van der Waals surface area (Å²) in [6.07, 6.45) is 3.80. The van der Waals surface area contributed by atoms with Crippen molar-refractivity contribution in [3.8, 4) is 0 Å². The van der Waals surface area contributed by atoms with Crippen molar-refractivity contribution in [3.63, 3.8) is 0 Å². The minimum atomic E-state index is 0. The Labute approximate surface area is 152 Å². The smallest absolute Gasteiger partial charge is 0.191 e. The average Bonchev–Trinajstić information content (AvgIpc) is 2.99. The van der Waals surface area contributed by atoms with Crippen molar-refractivity contribution >= 4 is 41.3 Å². The lowest BCUT2D eigenvalue weighted by molar-refractivity contribution is 0.645. The van der Waals surface area contributed by atoms with E-state index in [0.29, 0.717) is 0 Å². The molecule has 2 aromatic heterocycles. The first kappa shape index (κ1) is 18.9. The van der Waals surface area contributed by atoms with Crippen LogP contribution in [0.25, 0.3) is 0 Å². The Bertz CT molecular complexity index is 619. The number of imidazole rings is 1. The van der Waals surface area contributed by atoms with Crippen molar-refractivity contribution in [2.75, 3.05) is 13.6 Å². The molecule has 0 aliphatic carbocycles. The monoisotopic (exact) mass is 434 g/mol. The fourth-order valence-electron chi connectivity index (χ4n) is 2.06. The average molecular weight is 434 g/mol. The molecule has 0 bridgehead atoms. The Hall–Kier alpha value is -1.16. The maximum atomic E-state index is 4.43. The van der Waals surface area contributed by atoms with E-state index in [1.807, 2.05) is 33.2 Å². The number of hydrogen-bond acceptors (Lipinski definition) is 4. The van der Waals surface area contributed by atoms with Crippen molar-refractivity contribution in [1.29, 1.82) is 0 Å². The van der Waals surface area contributed by atoms with Crippen molar-refractivity contribution in [1.82, 2.24) is 25.2 Å². The molecular formula is C14H23IN6S. The summed E-state index contributed by atoms with van der Waals surface area (Å²) in [7, 11) is 1.78. The molecule has 0 amide bonds. The largest absolute Gasteiger partial charge is 0.355 e. The van der Waals surface area contributed by atoms with Crippen molar-refractivity contribution in [2.45, 2.75) is 33.9 Å². The first-order valence-corrected chi connectivity index (χ1v) is 7.77. The molecule has 2 N–H and O–H groups in total. The lowest BCUT2D eigenvalue weighted by Crippen LogP contribution is -2.38. The molecule has 0 radical (unpaired) electrons. The van der Waals surface area contributed by atoms with Gasteiger partial charge in [0.15, 0.2) is 5.96 Å². The van der Waals surface area contributed by atoms with Crippen LogP contribution in [0.15, 0.2) is 17.4 Å². The first-order valence-electron chi connectivity index (χ1n) is 6.95. The fourth-order valence-corrected chi connectivity index (χ4v) is 2.93. The molecule has 122 valence electrons. The van der Waals surface area contributed by atoms with E-state index >= 15 is 0 Å². The summed E-state index contributed by atoms with van der Waals surface area (Å²) in [5, 5.41) is 7.72. The van der Waals surface area contributed by atoms with E-state index in [-0.39, 0.29) is 24.0 Å². The second kappa shape index (κ2) is 9.09. The van der Waals surface area contributed by atoms with Crippen molar-refractivity contribution in [3.05, 3.63) is 33.8 Å². The second-order valence-corrected chi connectivity index (χ2v) is 6.05. The van der Waals surface area contributed by atoms with Crippen LogP contribution in [0.2, 0.25) is 0 Å². The van der Waals surface area contributed by atoms with E-state index in [1.54, 1.807) is 18.4 Å². The molecule has 8 heteroatoms. The van der Waals surface area contributed by atoms with Gasteiger partial charge in [0.2, 0.25) is 0 Å². The quantitative estimate of drug-likeness (QED) is 0.431. The minimum Gasteiger partial charge on any atom is -0.355 e. The number of aryl methyl sites for hydroxylation is 3. The van der Waals surface area contributed by atoms with Gasteiger partial charge in [-0.2, -0.15) is 0 Å². The molecule has 2 rings (SSSR count). The van der Waals surface area contributed by atoms with Crippen molar-refractivity contribution < 1.29 is 0 Å². The number of guanidine groups is 1. The molecule has 0 fully saturated rings. The topological polar surface area (TPSA) is 67.1 Å². The maximum Gasteiger partial charge on any atom is 0.191 e. The van der Waals surface area contributed by atoms with Gasteiger partial charge in [0.1, 0.15) is 5.82 Å². The zero-order valence-electron chi connectivity index (χ0n) is 13.4. The number of halogens is 1. The molecule has 22 heavy (non-hydrogen) atoms. The van der Waals surface area contributed by atoms with E-state index in [4.69, 9.17) is 0 Å². The minimum absolute atomic E-state index is 0. The summed E-state index contributed by atoms with van der Waals surface area (Å²) in [4.78, 5) is 14.1. The fraction of sp³-hybridized carbons (Fsp3) is 0.500. The molecule has 0 aromatic carbocycles. The number of nitrogens with zero attached hydrogens (tertiary/aromatic N) is 4. The summed E-state index contributed by atoms with van der Waals surface area (Å²) < 4.78 is 2.11. The van der Waals surface area contributed by atoms with E-state index in [0.717, 1.165) is 42.1 Å². The van der Waals surface area contributed by atoms with Crippen LogP contribution >= 0.6 is 35.3 Å². The Balaban J connectivity index is 0.00000242. The lowest BCUT2D eigenvalue weighted by Gasteiger charge is -2.12. The SMILES string of the molecule is CN=C(NCCn1ccnc1C)NCc1sc(C)nc1C.I. The number of aliphatic imine (C=N–C) groups is 1. The van der Waals surface area contributed by atoms with Crippen LogP contribution in [-0.2, 0) is 13.1 Å². The molecule has 2 heterocycles. The van der Waals surface area contributed by atoms with Crippen LogP contribution in [0.5, 0.6) is 0 Å². The van der Waals surface area contributed by atoms with Crippen LogP contribution in [0.4, 0.5) is 0 Å². The van der Waals surface area contributed by atoms with Gasteiger partial charge in [0.25, 0.3) is 0 Å². The highest BCUT2D eigenvalue weighted by Crippen LogP contribution is 2.16. The molecule has 0 atom stereocenters. The van der Waals surface area contributed by atoms with E-state index in [1.165, 1.54) is 4.88 Å². The van der Waals surface area contributed by atoms with Gasteiger partial charge in [-0.15, -0.1) is 35.3 Å². The van der Waals surface area contributed by atoms with Crippen LogP contribution in [0.3, 0.4) is 0 Å². The van der Waals surface area contributed by atoms with E-state index in [9.17, 15) is 0 Å². The molecular weight excluding hydrogens is 411 g/mol. The Morgan fingerprint density at radius 1 is 1.32 bits per heavy atom. The standard InChI is InChI=1S/C14H22N6S.HI/c1-10-13(21-12(3)19-10)9-18-14(15-4)17-6-8-20-7-5-16-11(20)2;/h5,7H,6,8-9H2,1-4H3,(H2,15,17,18);1H. The predicted octanol–water partition coefficient (Wildman–Crippen LogP) is 2.25. The highest BCUT2D eigenvalue weighted by molar-refractivity contribution is 14.0. The molecule has 6 nitrogen and oxygen atoms in total. The lowest BCUT2D eigenvalue weighted by atomic mass is 10.4. The Kier molecular flexibility index (Phi) is 7.80. The van der Waals surface area contributed by atoms with Gasteiger partial charge in [-0.3, -0.25) is 4.99 Å². The van der Waals surface area contributed by atoms with Crippen LogP contribution < -0.4 is 10.6 Å². The molecule has 0 unspecified atom stereocenters. The van der Waals surface area contributed by atoms with Gasteiger partial charge in [-0.1, -0.05) is 0 Å². The van der Waals surface area contributed by atoms with E-state index in [2.05, 4.69) is 30.2 Å². The van der Waals surface area contributed by atoms with Gasteiger partial charge in [0, 0.05) is 37.4 Å². The third-order valence-electron chi connectivity index (χ3n) is 3.21. The highest BCUT2D eigenvalue weighted by Gasteiger charge is 2.05. The molecule has 0 saturated heterocycles. The van der Waals surface area contributed by atoms with Crippen LogP contribution in [0, 0.1) is 20.8 Å². The van der Waals surface area contributed by atoms with Gasteiger partial charge >= 0.3 is 0 Å². The number of thiazole rings is 1. The van der Waals surface area contributed by atoms with Gasteiger partial charge in [-0.25, -0.2) is 9.97 Å². The number of aromatic nitrogens is 3. The summed E-state index contributed by atoms with van der Waals surface area (Å²) in [6, 6.07) is 0. The van der Waals surface area contributed by atoms with E-state index < -0.39 is 0 Å². The van der Waals surface area contributed by atoms with Crippen LogP contribution in [0.1, 0.15) is 21.4 Å². The molecule has 0 spiro atoms. The number of rotatable bonds is 5. The zero-order valence-corrected chi connectivity index (χ0v) is 16.5. The Morgan fingerprint density at radius 2 is 2.09 bits per heavy atom. The third-order valence-corrected chi connectivity index (χ3v) is 4.28. The van der Waals surface area contributed by atoms with Crippen LogP contribution in [-0.4, -0.2) is 34.1 Å². The predicted molar refractivity (Wildman–Crippen MR) is 102 cm³/mol. The Morgan fingerprint density at radius 3 is 2.64 bits per heavy atom. The normalized spacial score (nSPS) is 11.2. The first-order chi connectivity index (χ1) is 10.1. The zero-order chi connectivity index (χ0) is 15.2. The summed E-state index contributed by atoms with van der Waals surface area (Å²) in [6.45, 7) is 8.49. The molecule has 0 aliphatic rings. The van der Waals surface area contributed by atoms with Gasteiger partial charge in [0.05, 0.1) is 17.2 Å². The maximum absolute atomic E-state index is 4.43. The third kappa shape index (κ3) is 5.24. The summed E-state index contributed by atoms with van der Waals surface area (Å²) >= 11 is 1.72. The number of hydrogen-bond donors (Lipinski definition) is 2.